The van der Waals surface area contributed by atoms with Crippen LogP contribution in [0.3, 0.4) is 0 Å². The van der Waals surface area contributed by atoms with Gasteiger partial charge in [0.25, 0.3) is 0 Å². The number of carbonyl (C=O) groups excluding carboxylic acids is 2. The van der Waals surface area contributed by atoms with Crippen molar-refractivity contribution in [1.82, 2.24) is 10.6 Å². The van der Waals surface area contributed by atoms with E-state index in [0.29, 0.717) is 21.3 Å². The highest BCUT2D eigenvalue weighted by Crippen LogP contribution is 2.36. The standard InChI is InChI=1S/C15H16Cl2N2O4/c1-8-11(14(20)23-7-6-22-2)13(19-15(21)18-8)12-9(16)4-3-5-10(12)17/h3-5,13H,6-7H2,1-2H3,(H2,18,19,21)/t13-/m1/s1. The monoisotopic (exact) mass is 358 g/mol. The molecule has 6 nitrogen and oxygen atoms in total. The molecule has 2 N–H and O–H groups in total. The molecule has 8 heteroatoms. The van der Waals surface area contributed by atoms with Gasteiger partial charge in [0.2, 0.25) is 0 Å². The van der Waals surface area contributed by atoms with Crippen LogP contribution in [0.4, 0.5) is 4.79 Å². The van der Waals surface area contributed by atoms with Gasteiger partial charge in [-0.15, -0.1) is 0 Å². The van der Waals surface area contributed by atoms with E-state index in [1.165, 1.54) is 7.11 Å². The van der Waals surface area contributed by atoms with Crippen molar-refractivity contribution in [3.05, 3.63) is 45.1 Å². The molecular weight excluding hydrogens is 343 g/mol. The molecule has 0 spiro atoms. The van der Waals surface area contributed by atoms with Crippen LogP contribution in [0.1, 0.15) is 18.5 Å². The molecule has 124 valence electrons. The van der Waals surface area contributed by atoms with E-state index in [-0.39, 0.29) is 18.8 Å². The Morgan fingerprint density at radius 2 is 1.91 bits per heavy atom. The molecule has 0 aromatic heterocycles. The SMILES string of the molecule is COCCOC(=O)C1=C(C)NC(=O)N[C@H]1c1c(Cl)cccc1Cl. The molecular formula is C15H16Cl2N2O4. The van der Waals surface area contributed by atoms with E-state index >= 15 is 0 Å². The molecule has 23 heavy (non-hydrogen) atoms. The first-order valence-corrected chi connectivity index (χ1v) is 7.59. The first-order valence-electron chi connectivity index (χ1n) is 6.84. The van der Waals surface area contributed by atoms with Crippen LogP contribution in [-0.2, 0) is 14.3 Å². The van der Waals surface area contributed by atoms with Gasteiger partial charge in [-0.25, -0.2) is 9.59 Å². The van der Waals surface area contributed by atoms with Gasteiger partial charge in [-0.05, 0) is 19.1 Å². The summed E-state index contributed by atoms with van der Waals surface area (Å²) in [6.45, 7) is 1.99. The summed E-state index contributed by atoms with van der Waals surface area (Å²) in [5.74, 6) is -0.576. The van der Waals surface area contributed by atoms with Crippen molar-refractivity contribution in [3.8, 4) is 0 Å². The van der Waals surface area contributed by atoms with E-state index in [0.717, 1.165) is 0 Å². The summed E-state index contributed by atoms with van der Waals surface area (Å²) in [7, 11) is 1.51. The highest BCUT2D eigenvalue weighted by atomic mass is 35.5. The fourth-order valence-electron chi connectivity index (χ4n) is 2.26. The van der Waals surface area contributed by atoms with Crippen LogP contribution in [0.5, 0.6) is 0 Å². The number of hydrogen-bond donors (Lipinski definition) is 2. The molecule has 1 aliphatic heterocycles. The fourth-order valence-corrected chi connectivity index (χ4v) is 2.88. The predicted octanol–water partition coefficient (Wildman–Crippen LogP) is 2.81. The highest BCUT2D eigenvalue weighted by Gasteiger charge is 2.34. The topological polar surface area (TPSA) is 76.7 Å². The normalized spacial score (nSPS) is 17.6. The van der Waals surface area contributed by atoms with Gasteiger partial charge in [-0.1, -0.05) is 29.3 Å². The minimum absolute atomic E-state index is 0.100. The smallest absolute Gasteiger partial charge is 0.338 e. The molecule has 0 aliphatic carbocycles. The second kappa shape index (κ2) is 7.68. The highest BCUT2D eigenvalue weighted by molar-refractivity contribution is 6.36. The molecule has 0 fully saturated rings. The number of urea groups is 1. The third-order valence-electron chi connectivity index (χ3n) is 3.30. The lowest BCUT2D eigenvalue weighted by Gasteiger charge is -2.29. The van der Waals surface area contributed by atoms with Gasteiger partial charge in [0, 0.05) is 28.4 Å². The van der Waals surface area contributed by atoms with Gasteiger partial charge in [0.05, 0.1) is 18.2 Å². The van der Waals surface area contributed by atoms with Crippen molar-refractivity contribution in [3.63, 3.8) is 0 Å². The van der Waals surface area contributed by atoms with Crippen LogP contribution >= 0.6 is 23.2 Å². The van der Waals surface area contributed by atoms with E-state index in [9.17, 15) is 9.59 Å². The number of allylic oxidation sites excluding steroid dienone is 1. The first kappa shape index (κ1) is 17.6. The minimum atomic E-state index is -0.792. The van der Waals surface area contributed by atoms with Gasteiger partial charge in [-0.3, -0.25) is 0 Å². The molecule has 0 saturated carbocycles. The fraction of sp³-hybridized carbons (Fsp3) is 0.333. The lowest BCUT2D eigenvalue weighted by atomic mass is 9.95. The van der Waals surface area contributed by atoms with Crippen molar-refractivity contribution in [2.75, 3.05) is 20.3 Å². The molecule has 0 bridgehead atoms. The number of hydrogen-bond acceptors (Lipinski definition) is 4. The lowest BCUT2D eigenvalue weighted by Crippen LogP contribution is -2.45. The Balaban J connectivity index is 2.40. The van der Waals surface area contributed by atoms with Crippen molar-refractivity contribution in [1.29, 1.82) is 0 Å². The molecule has 2 amide bonds. The zero-order chi connectivity index (χ0) is 17.0. The van der Waals surface area contributed by atoms with E-state index in [2.05, 4.69) is 10.6 Å². The van der Waals surface area contributed by atoms with Crippen molar-refractivity contribution in [2.45, 2.75) is 13.0 Å². The number of rotatable bonds is 5. The third-order valence-corrected chi connectivity index (χ3v) is 3.96. The first-order chi connectivity index (χ1) is 11.0. The number of halogens is 2. The molecule has 1 aromatic carbocycles. The Labute approximate surface area is 143 Å². The summed E-state index contributed by atoms with van der Waals surface area (Å²) in [6, 6.07) is 3.72. The second-order valence-electron chi connectivity index (χ2n) is 4.83. The van der Waals surface area contributed by atoms with Crippen molar-refractivity contribution in [2.24, 2.45) is 0 Å². The quantitative estimate of drug-likeness (QED) is 0.626. The largest absolute Gasteiger partial charge is 0.460 e. The zero-order valence-corrected chi connectivity index (χ0v) is 14.1. The Bertz CT molecular complexity index is 641. The number of benzene rings is 1. The van der Waals surface area contributed by atoms with E-state index in [1.54, 1.807) is 25.1 Å². The predicted molar refractivity (Wildman–Crippen MR) is 86.4 cm³/mol. The average molecular weight is 359 g/mol. The maximum absolute atomic E-state index is 12.4. The van der Waals surface area contributed by atoms with E-state index < -0.39 is 18.0 Å². The van der Waals surface area contributed by atoms with Crippen LogP contribution in [0.15, 0.2) is 29.5 Å². The Morgan fingerprint density at radius 3 is 2.52 bits per heavy atom. The molecule has 0 saturated heterocycles. The summed E-state index contributed by atoms with van der Waals surface area (Å²) >= 11 is 12.4. The summed E-state index contributed by atoms with van der Waals surface area (Å²) in [6.07, 6.45) is 0. The summed E-state index contributed by atoms with van der Waals surface area (Å²) < 4.78 is 10.0. The van der Waals surface area contributed by atoms with Gasteiger partial charge in [0.1, 0.15) is 6.61 Å². The van der Waals surface area contributed by atoms with Gasteiger partial charge < -0.3 is 20.1 Å². The van der Waals surface area contributed by atoms with Crippen LogP contribution in [-0.4, -0.2) is 32.3 Å². The molecule has 1 heterocycles. The summed E-state index contributed by atoms with van der Waals surface area (Å²) in [4.78, 5) is 24.2. The number of ether oxygens (including phenoxy) is 2. The Hall–Kier alpha value is -1.76. The molecule has 0 unspecified atom stereocenters. The van der Waals surface area contributed by atoms with Crippen LogP contribution in [0.25, 0.3) is 0 Å². The Kier molecular flexibility index (Phi) is 5.87. The Morgan fingerprint density at radius 1 is 1.26 bits per heavy atom. The summed E-state index contributed by atoms with van der Waals surface area (Å²) in [5, 5.41) is 5.90. The van der Waals surface area contributed by atoms with E-state index in [1.807, 2.05) is 0 Å². The average Bonchev–Trinajstić information content (AvgIpc) is 2.46. The van der Waals surface area contributed by atoms with Crippen molar-refractivity contribution < 1.29 is 19.1 Å². The van der Waals surface area contributed by atoms with Crippen LogP contribution < -0.4 is 10.6 Å². The van der Waals surface area contributed by atoms with Gasteiger partial charge >= 0.3 is 12.0 Å². The molecule has 1 aromatic rings. The number of esters is 1. The number of amides is 2. The molecule has 0 radical (unpaired) electrons. The number of carbonyl (C=O) groups is 2. The van der Waals surface area contributed by atoms with E-state index in [4.69, 9.17) is 32.7 Å². The molecule has 1 aliphatic rings. The van der Waals surface area contributed by atoms with Gasteiger partial charge in [-0.2, -0.15) is 0 Å². The number of methoxy groups -OCH3 is 1. The van der Waals surface area contributed by atoms with Crippen LogP contribution in [0.2, 0.25) is 10.0 Å². The van der Waals surface area contributed by atoms with Crippen LogP contribution in [0, 0.1) is 0 Å². The second-order valence-corrected chi connectivity index (χ2v) is 5.65. The third kappa shape index (κ3) is 3.96. The molecule has 2 rings (SSSR count). The number of nitrogens with one attached hydrogen (secondary N) is 2. The lowest BCUT2D eigenvalue weighted by molar-refractivity contribution is -0.140. The van der Waals surface area contributed by atoms with Gasteiger partial charge in [0.15, 0.2) is 0 Å². The maximum Gasteiger partial charge on any atom is 0.338 e. The minimum Gasteiger partial charge on any atom is -0.460 e. The summed E-state index contributed by atoms with van der Waals surface area (Å²) in [5.41, 5.74) is 1.08. The maximum atomic E-state index is 12.4. The van der Waals surface area contributed by atoms with Crippen molar-refractivity contribution >= 4 is 35.2 Å². The molecule has 1 atom stereocenters. The zero-order valence-electron chi connectivity index (χ0n) is 12.6.